The molecule has 2 unspecified atom stereocenters. The van der Waals surface area contributed by atoms with Gasteiger partial charge in [-0.3, -0.25) is 9.59 Å². The van der Waals surface area contributed by atoms with Crippen LogP contribution in [0.4, 0.5) is 0 Å². The normalized spacial score (nSPS) is 12.6. The monoisotopic (exact) mass is 490 g/mol. The molecule has 0 aliphatic heterocycles. The van der Waals surface area contributed by atoms with Gasteiger partial charge in [0.15, 0.2) is 0 Å². The summed E-state index contributed by atoms with van der Waals surface area (Å²) in [6, 6.07) is 22.8. The van der Waals surface area contributed by atoms with Gasteiger partial charge in [0.25, 0.3) is 0 Å². The van der Waals surface area contributed by atoms with Gasteiger partial charge in [0.05, 0.1) is 6.42 Å². The summed E-state index contributed by atoms with van der Waals surface area (Å²) >= 11 is 6.49. The zero-order chi connectivity index (χ0) is 25.4. The standard InChI is InChI=1S/C30H35ClN2O2/c1-5-23(4)32-30(35)28(18-24-11-7-6-8-12-24)33(20-26-13-9-10-14-27(26)31)29(34)19-25-16-21(2)15-22(3)17-25/h6-17,23,28H,5,18-20H2,1-4H3,(H,32,35). The number of hydrogen-bond donors (Lipinski definition) is 1. The highest BCUT2D eigenvalue weighted by Gasteiger charge is 2.31. The number of halogens is 1. The highest BCUT2D eigenvalue weighted by atomic mass is 35.5. The second kappa shape index (κ2) is 12.6. The first-order chi connectivity index (χ1) is 16.8. The van der Waals surface area contributed by atoms with Crippen LogP contribution in [0.3, 0.4) is 0 Å². The van der Waals surface area contributed by atoms with Gasteiger partial charge in [-0.25, -0.2) is 0 Å². The molecule has 3 aromatic rings. The molecule has 0 bridgehead atoms. The number of carbonyl (C=O) groups is 2. The number of rotatable bonds is 10. The molecule has 4 nitrogen and oxygen atoms in total. The average molecular weight is 491 g/mol. The van der Waals surface area contributed by atoms with Gasteiger partial charge in [-0.05, 0) is 49.9 Å². The lowest BCUT2D eigenvalue weighted by atomic mass is 10.00. The molecule has 3 rings (SSSR count). The summed E-state index contributed by atoms with van der Waals surface area (Å²) in [6.07, 6.45) is 1.45. The minimum atomic E-state index is -0.666. The Labute approximate surface area is 214 Å². The number of carbonyl (C=O) groups excluding carboxylic acids is 2. The van der Waals surface area contributed by atoms with Crippen LogP contribution in [0.5, 0.6) is 0 Å². The van der Waals surface area contributed by atoms with Crippen molar-refractivity contribution in [3.05, 3.63) is 106 Å². The quantitative estimate of drug-likeness (QED) is 0.376. The number of amides is 2. The summed E-state index contributed by atoms with van der Waals surface area (Å²) in [5, 5.41) is 3.68. The lowest BCUT2D eigenvalue weighted by molar-refractivity contribution is -0.141. The van der Waals surface area contributed by atoms with E-state index < -0.39 is 6.04 Å². The van der Waals surface area contributed by atoms with Crippen LogP contribution in [-0.4, -0.2) is 28.8 Å². The van der Waals surface area contributed by atoms with E-state index in [1.807, 2.05) is 94.4 Å². The molecule has 1 N–H and O–H groups in total. The van der Waals surface area contributed by atoms with E-state index in [-0.39, 0.29) is 30.8 Å². The van der Waals surface area contributed by atoms with Crippen LogP contribution in [0, 0.1) is 13.8 Å². The third-order valence-electron chi connectivity index (χ3n) is 6.21. The Morgan fingerprint density at radius 3 is 2.17 bits per heavy atom. The van der Waals surface area contributed by atoms with E-state index in [9.17, 15) is 9.59 Å². The van der Waals surface area contributed by atoms with Crippen molar-refractivity contribution in [1.29, 1.82) is 0 Å². The predicted molar refractivity (Wildman–Crippen MR) is 143 cm³/mol. The van der Waals surface area contributed by atoms with Crippen LogP contribution >= 0.6 is 11.6 Å². The summed E-state index contributed by atoms with van der Waals surface area (Å²) in [5.41, 5.74) is 4.98. The van der Waals surface area contributed by atoms with E-state index in [0.717, 1.165) is 34.2 Å². The zero-order valence-electron chi connectivity index (χ0n) is 21.1. The Bertz CT molecular complexity index is 1130. The topological polar surface area (TPSA) is 49.4 Å². The fraction of sp³-hybridized carbons (Fsp3) is 0.333. The van der Waals surface area contributed by atoms with E-state index in [1.165, 1.54) is 0 Å². The summed E-state index contributed by atoms with van der Waals surface area (Å²) < 4.78 is 0. The van der Waals surface area contributed by atoms with Crippen LogP contribution in [0.25, 0.3) is 0 Å². The van der Waals surface area contributed by atoms with Gasteiger partial charge in [0.1, 0.15) is 6.04 Å². The zero-order valence-corrected chi connectivity index (χ0v) is 21.8. The van der Waals surface area contributed by atoms with Gasteiger partial charge in [0.2, 0.25) is 11.8 Å². The van der Waals surface area contributed by atoms with Crippen molar-refractivity contribution in [2.45, 2.75) is 65.6 Å². The highest BCUT2D eigenvalue weighted by Crippen LogP contribution is 2.22. The molecule has 0 saturated carbocycles. The number of benzene rings is 3. The van der Waals surface area contributed by atoms with Crippen molar-refractivity contribution in [2.75, 3.05) is 0 Å². The Morgan fingerprint density at radius 2 is 1.54 bits per heavy atom. The molecule has 0 saturated heterocycles. The van der Waals surface area contributed by atoms with Gasteiger partial charge in [-0.2, -0.15) is 0 Å². The Morgan fingerprint density at radius 1 is 0.914 bits per heavy atom. The second-order valence-electron chi connectivity index (χ2n) is 9.31. The second-order valence-corrected chi connectivity index (χ2v) is 9.72. The highest BCUT2D eigenvalue weighted by molar-refractivity contribution is 6.31. The van der Waals surface area contributed by atoms with Gasteiger partial charge >= 0.3 is 0 Å². The van der Waals surface area contributed by atoms with Gasteiger partial charge in [-0.1, -0.05) is 96.4 Å². The van der Waals surface area contributed by atoms with Crippen molar-refractivity contribution in [3.8, 4) is 0 Å². The fourth-order valence-corrected chi connectivity index (χ4v) is 4.45. The molecular formula is C30H35ClN2O2. The molecule has 0 aliphatic carbocycles. The van der Waals surface area contributed by atoms with Crippen LogP contribution < -0.4 is 5.32 Å². The van der Waals surface area contributed by atoms with E-state index >= 15 is 0 Å². The first-order valence-corrected chi connectivity index (χ1v) is 12.6. The molecule has 0 aromatic heterocycles. The third kappa shape index (κ3) is 7.69. The third-order valence-corrected chi connectivity index (χ3v) is 6.58. The fourth-order valence-electron chi connectivity index (χ4n) is 4.25. The molecule has 0 radical (unpaired) electrons. The number of hydrogen-bond acceptors (Lipinski definition) is 2. The van der Waals surface area contributed by atoms with Crippen LogP contribution in [0.2, 0.25) is 5.02 Å². The Hall–Kier alpha value is -3.11. The van der Waals surface area contributed by atoms with E-state index in [4.69, 9.17) is 11.6 Å². The lowest BCUT2D eigenvalue weighted by Crippen LogP contribution is -2.52. The van der Waals surface area contributed by atoms with Crippen molar-refractivity contribution < 1.29 is 9.59 Å². The molecule has 0 fully saturated rings. The summed E-state index contributed by atoms with van der Waals surface area (Å²) in [6.45, 7) is 8.33. The number of nitrogens with one attached hydrogen (secondary N) is 1. The summed E-state index contributed by atoms with van der Waals surface area (Å²) in [5.74, 6) is -0.251. The van der Waals surface area contributed by atoms with E-state index in [0.29, 0.717) is 11.4 Å². The maximum atomic E-state index is 13.8. The number of aryl methyl sites for hydroxylation is 2. The molecule has 184 valence electrons. The molecule has 0 heterocycles. The van der Waals surface area contributed by atoms with Crippen molar-refractivity contribution in [3.63, 3.8) is 0 Å². The average Bonchev–Trinajstić information content (AvgIpc) is 2.82. The van der Waals surface area contributed by atoms with Gasteiger partial charge in [0, 0.05) is 24.0 Å². The first-order valence-electron chi connectivity index (χ1n) is 12.2. The lowest BCUT2D eigenvalue weighted by Gasteiger charge is -2.32. The number of nitrogens with zero attached hydrogens (tertiary/aromatic N) is 1. The molecular weight excluding hydrogens is 456 g/mol. The molecule has 2 atom stereocenters. The molecule has 2 amide bonds. The van der Waals surface area contributed by atoms with E-state index in [1.54, 1.807) is 4.90 Å². The Balaban J connectivity index is 2.00. The predicted octanol–water partition coefficient (Wildman–Crippen LogP) is 6.05. The molecule has 3 aromatic carbocycles. The van der Waals surface area contributed by atoms with Crippen molar-refractivity contribution >= 4 is 23.4 Å². The molecule has 0 spiro atoms. The molecule has 0 aliphatic rings. The maximum Gasteiger partial charge on any atom is 0.243 e. The van der Waals surface area contributed by atoms with Crippen LogP contribution in [0.1, 0.15) is 48.1 Å². The SMILES string of the molecule is CCC(C)NC(=O)C(Cc1ccccc1)N(Cc1ccccc1Cl)C(=O)Cc1cc(C)cc(C)c1. The minimum absolute atomic E-state index is 0.0115. The largest absolute Gasteiger partial charge is 0.352 e. The van der Waals surface area contributed by atoms with Crippen LogP contribution in [0.15, 0.2) is 72.8 Å². The molecule has 35 heavy (non-hydrogen) atoms. The minimum Gasteiger partial charge on any atom is -0.352 e. The van der Waals surface area contributed by atoms with Crippen molar-refractivity contribution in [2.24, 2.45) is 0 Å². The van der Waals surface area contributed by atoms with Gasteiger partial charge < -0.3 is 10.2 Å². The summed E-state index contributed by atoms with van der Waals surface area (Å²) in [7, 11) is 0. The van der Waals surface area contributed by atoms with Crippen LogP contribution in [-0.2, 0) is 29.0 Å². The molecule has 5 heteroatoms. The first kappa shape index (κ1) is 26.5. The van der Waals surface area contributed by atoms with E-state index in [2.05, 4.69) is 11.4 Å². The maximum absolute atomic E-state index is 13.8. The van der Waals surface area contributed by atoms with Gasteiger partial charge in [-0.15, -0.1) is 0 Å². The van der Waals surface area contributed by atoms with Crippen molar-refractivity contribution in [1.82, 2.24) is 10.2 Å². The smallest absolute Gasteiger partial charge is 0.243 e. The Kier molecular flexibility index (Phi) is 9.50. The summed E-state index contributed by atoms with van der Waals surface area (Å²) in [4.78, 5) is 29.1.